The van der Waals surface area contributed by atoms with Crippen LogP contribution in [-0.2, 0) is 28.5 Å². The molecular formula is C14H22O7. The predicted molar refractivity (Wildman–Crippen MR) is 71.3 cm³/mol. The quantitative estimate of drug-likeness (QED) is 0.580. The van der Waals surface area contributed by atoms with Crippen molar-refractivity contribution in [1.82, 2.24) is 0 Å². The van der Waals surface area contributed by atoms with Crippen molar-refractivity contribution in [2.45, 2.75) is 57.3 Å². The van der Waals surface area contributed by atoms with E-state index < -0.39 is 42.5 Å². The summed E-state index contributed by atoms with van der Waals surface area (Å²) >= 11 is 0. The van der Waals surface area contributed by atoms with Crippen molar-refractivity contribution < 1.29 is 33.6 Å². The highest BCUT2D eigenvalue weighted by Gasteiger charge is 2.58. The molecule has 0 amide bonds. The Morgan fingerprint density at radius 2 is 2.00 bits per heavy atom. The molecule has 7 heteroatoms. The van der Waals surface area contributed by atoms with Crippen LogP contribution in [0.2, 0.25) is 0 Å². The maximum atomic E-state index is 11.7. The third-order valence-electron chi connectivity index (χ3n) is 3.49. The van der Waals surface area contributed by atoms with Crippen LogP contribution in [0.15, 0.2) is 12.2 Å². The minimum atomic E-state index is -1.26. The van der Waals surface area contributed by atoms with E-state index in [4.69, 9.17) is 23.7 Å². The number of esters is 1. The average Bonchev–Trinajstić information content (AvgIpc) is 2.90. The average molecular weight is 302 g/mol. The molecule has 0 aromatic heterocycles. The Balaban J connectivity index is 2.12. The molecule has 0 bridgehead atoms. The summed E-state index contributed by atoms with van der Waals surface area (Å²) in [6.45, 7) is 8.99. The van der Waals surface area contributed by atoms with Crippen LogP contribution in [0.1, 0.15) is 20.8 Å². The summed E-state index contributed by atoms with van der Waals surface area (Å²) in [4.78, 5) is 11.7. The van der Waals surface area contributed by atoms with Crippen LogP contribution in [0.5, 0.6) is 0 Å². The fraction of sp³-hybridized carbons (Fsp3) is 0.786. The molecule has 0 radical (unpaired) electrons. The zero-order valence-electron chi connectivity index (χ0n) is 12.7. The van der Waals surface area contributed by atoms with Gasteiger partial charge >= 0.3 is 5.97 Å². The van der Waals surface area contributed by atoms with Crippen LogP contribution in [0.3, 0.4) is 0 Å². The number of aliphatic hydroxyl groups is 1. The third-order valence-corrected chi connectivity index (χ3v) is 3.49. The third kappa shape index (κ3) is 3.12. The van der Waals surface area contributed by atoms with Crippen LogP contribution in [-0.4, -0.2) is 61.3 Å². The van der Waals surface area contributed by atoms with Gasteiger partial charge < -0.3 is 28.8 Å². The maximum Gasteiger partial charge on any atom is 0.336 e. The molecule has 2 rings (SSSR count). The molecule has 120 valence electrons. The molecule has 2 aliphatic heterocycles. The lowest BCUT2D eigenvalue weighted by Gasteiger charge is -2.26. The summed E-state index contributed by atoms with van der Waals surface area (Å²) in [6, 6.07) is 0. The number of methoxy groups -OCH3 is 1. The van der Waals surface area contributed by atoms with E-state index in [0.29, 0.717) is 0 Å². The lowest BCUT2D eigenvalue weighted by molar-refractivity contribution is -0.234. The largest absolute Gasteiger partial charge is 0.463 e. The molecule has 2 saturated heterocycles. The highest BCUT2D eigenvalue weighted by atomic mass is 16.8. The molecule has 2 heterocycles. The van der Waals surface area contributed by atoms with E-state index >= 15 is 0 Å². The minimum Gasteiger partial charge on any atom is -0.463 e. The van der Waals surface area contributed by atoms with Gasteiger partial charge in [0.2, 0.25) is 0 Å². The van der Waals surface area contributed by atoms with E-state index in [2.05, 4.69) is 6.58 Å². The van der Waals surface area contributed by atoms with Crippen molar-refractivity contribution in [3.63, 3.8) is 0 Å². The molecular weight excluding hydrogens is 280 g/mol. The van der Waals surface area contributed by atoms with Gasteiger partial charge in [-0.15, -0.1) is 0 Å². The lowest BCUT2D eigenvalue weighted by Crippen LogP contribution is -2.41. The fourth-order valence-electron chi connectivity index (χ4n) is 2.58. The topological polar surface area (TPSA) is 83.5 Å². The standard InChI is InChI=1S/C14H22O7/c1-6-18-12(16)7(2)8(15)9-10-11(13(17-5)19-9)21-14(3,4)20-10/h8-11,13,15H,2,6H2,1,3-5H3/t8?,9-,10-,11-,13-/m0/s1. The van der Waals surface area contributed by atoms with Crippen molar-refractivity contribution in [2.75, 3.05) is 13.7 Å². The number of hydrogen-bond donors (Lipinski definition) is 1. The first-order valence-electron chi connectivity index (χ1n) is 6.88. The van der Waals surface area contributed by atoms with Crippen molar-refractivity contribution in [1.29, 1.82) is 0 Å². The second-order valence-corrected chi connectivity index (χ2v) is 5.46. The molecule has 1 unspecified atom stereocenters. The Hall–Kier alpha value is -0.990. The molecule has 2 fully saturated rings. The van der Waals surface area contributed by atoms with Gasteiger partial charge in [0.1, 0.15) is 24.4 Å². The van der Waals surface area contributed by atoms with E-state index in [0.717, 1.165) is 0 Å². The van der Waals surface area contributed by atoms with E-state index in [1.54, 1.807) is 20.8 Å². The Morgan fingerprint density at radius 3 is 2.57 bits per heavy atom. The molecule has 0 aromatic rings. The summed E-state index contributed by atoms with van der Waals surface area (Å²) in [7, 11) is 1.48. The van der Waals surface area contributed by atoms with E-state index in [1.165, 1.54) is 7.11 Å². The lowest BCUT2D eigenvalue weighted by atomic mass is 10.0. The van der Waals surface area contributed by atoms with E-state index in [9.17, 15) is 9.90 Å². The highest BCUT2D eigenvalue weighted by Crippen LogP contribution is 2.40. The Kier molecular flexibility index (Phi) is 4.69. The van der Waals surface area contributed by atoms with Crippen molar-refractivity contribution in [3.05, 3.63) is 12.2 Å². The van der Waals surface area contributed by atoms with Gasteiger partial charge in [0, 0.05) is 7.11 Å². The van der Waals surface area contributed by atoms with E-state index in [-0.39, 0.29) is 12.2 Å². The number of hydrogen-bond acceptors (Lipinski definition) is 7. The van der Waals surface area contributed by atoms with Gasteiger partial charge in [-0.25, -0.2) is 4.79 Å². The number of aliphatic hydroxyl groups excluding tert-OH is 1. The molecule has 1 N–H and O–H groups in total. The molecule has 0 aliphatic carbocycles. The molecule has 7 nitrogen and oxygen atoms in total. The second-order valence-electron chi connectivity index (χ2n) is 5.46. The molecule has 0 spiro atoms. The van der Waals surface area contributed by atoms with Gasteiger partial charge in [-0.05, 0) is 20.8 Å². The number of ether oxygens (including phenoxy) is 5. The molecule has 5 atom stereocenters. The first-order valence-corrected chi connectivity index (χ1v) is 6.88. The molecule has 0 aromatic carbocycles. The first kappa shape index (κ1) is 16.4. The first-order chi connectivity index (χ1) is 9.80. The molecule has 21 heavy (non-hydrogen) atoms. The summed E-state index contributed by atoms with van der Waals surface area (Å²) in [6.07, 6.45) is -3.76. The number of fused-ring (bicyclic) bond motifs is 1. The Bertz CT molecular complexity index is 420. The summed E-state index contributed by atoms with van der Waals surface area (Å²) in [5.41, 5.74) is -0.0781. The normalized spacial score (nSPS) is 35.3. The summed E-state index contributed by atoms with van der Waals surface area (Å²) < 4.78 is 27.1. The van der Waals surface area contributed by atoms with Gasteiger partial charge in [0.05, 0.1) is 12.2 Å². The van der Waals surface area contributed by atoms with Crippen LogP contribution in [0.4, 0.5) is 0 Å². The van der Waals surface area contributed by atoms with Crippen molar-refractivity contribution in [3.8, 4) is 0 Å². The summed E-state index contributed by atoms with van der Waals surface area (Å²) in [5, 5.41) is 10.3. The van der Waals surface area contributed by atoms with Gasteiger partial charge in [-0.2, -0.15) is 0 Å². The summed E-state index contributed by atoms with van der Waals surface area (Å²) in [5.74, 6) is -1.47. The zero-order chi connectivity index (χ0) is 15.8. The molecule has 0 saturated carbocycles. The Morgan fingerprint density at radius 1 is 1.38 bits per heavy atom. The SMILES string of the molecule is C=C(C(=O)OCC)C(O)[C@@H]1O[C@H](OC)[C@H]2OC(C)(C)O[C@H]21. The maximum absolute atomic E-state index is 11.7. The van der Waals surface area contributed by atoms with Crippen molar-refractivity contribution in [2.24, 2.45) is 0 Å². The van der Waals surface area contributed by atoms with Crippen LogP contribution >= 0.6 is 0 Å². The van der Waals surface area contributed by atoms with Crippen LogP contribution in [0, 0.1) is 0 Å². The molecule has 2 aliphatic rings. The predicted octanol–water partition coefficient (Wildman–Crippen LogP) is 0.358. The highest BCUT2D eigenvalue weighted by molar-refractivity contribution is 5.88. The smallest absolute Gasteiger partial charge is 0.336 e. The monoisotopic (exact) mass is 302 g/mol. The van der Waals surface area contributed by atoms with Crippen LogP contribution in [0.25, 0.3) is 0 Å². The number of rotatable bonds is 5. The zero-order valence-corrected chi connectivity index (χ0v) is 12.7. The minimum absolute atomic E-state index is 0.0781. The van der Waals surface area contributed by atoms with Gasteiger partial charge in [-0.3, -0.25) is 0 Å². The van der Waals surface area contributed by atoms with E-state index in [1.807, 2.05) is 0 Å². The fourth-order valence-corrected chi connectivity index (χ4v) is 2.58. The van der Waals surface area contributed by atoms with Gasteiger partial charge in [0.25, 0.3) is 0 Å². The number of carbonyl (C=O) groups excluding carboxylic acids is 1. The van der Waals surface area contributed by atoms with Gasteiger partial charge in [0.15, 0.2) is 12.1 Å². The van der Waals surface area contributed by atoms with Crippen LogP contribution < -0.4 is 0 Å². The van der Waals surface area contributed by atoms with Gasteiger partial charge in [-0.1, -0.05) is 6.58 Å². The Labute approximate surface area is 123 Å². The second kappa shape index (κ2) is 6.02. The number of carbonyl (C=O) groups is 1. The van der Waals surface area contributed by atoms with Crippen molar-refractivity contribution >= 4 is 5.97 Å².